The molecule has 0 bridgehead atoms. The number of rotatable bonds is 89. The molecule has 0 aromatic carbocycles. The lowest BCUT2D eigenvalue weighted by Crippen LogP contribution is -2.44. The Morgan fingerprint density at radius 2 is 0.543 bits per heavy atom. The number of quaternary nitrogens is 1. The van der Waals surface area contributed by atoms with Crippen molar-refractivity contribution in [3.63, 3.8) is 0 Å². The third-order valence-corrected chi connectivity index (χ3v) is 21.6. The minimum Gasteiger partial charge on any atom is -0.545 e. The summed E-state index contributed by atoms with van der Waals surface area (Å²) < 4.78 is 22.9. The summed E-state index contributed by atoms with van der Waals surface area (Å²) in [6.07, 6.45) is 113. The minimum absolute atomic E-state index is 0.152. The quantitative estimate of drug-likeness (QED) is 0.0195. The van der Waals surface area contributed by atoms with Crippen LogP contribution in [0.5, 0.6) is 0 Å². The molecule has 0 rings (SSSR count). The lowest BCUT2D eigenvalue weighted by Gasteiger charge is -2.26. The monoisotopic (exact) mass is 1480 g/mol. The van der Waals surface area contributed by atoms with Gasteiger partial charge in [0.2, 0.25) is 0 Å². The van der Waals surface area contributed by atoms with E-state index >= 15 is 0 Å². The highest BCUT2D eigenvalue weighted by atomic mass is 16.7. The molecule has 105 heavy (non-hydrogen) atoms. The molecule has 0 amide bonds. The Morgan fingerprint density at radius 1 is 0.295 bits per heavy atom. The third-order valence-electron chi connectivity index (χ3n) is 21.6. The van der Waals surface area contributed by atoms with Gasteiger partial charge in [0.1, 0.15) is 13.2 Å². The van der Waals surface area contributed by atoms with E-state index in [2.05, 4.69) is 62.5 Å². The van der Waals surface area contributed by atoms with Gasteiger partial charge in [-0.1, -0.05) is 473 Å². The summed E-state index contributed by atoms with van der Waals surface area (Å²) in [5, 5.41) is 11.9. The molecule has 0 spiro atoms. The lowest BCUT2D eigenvalue weighted by molar-refractivity contribution is -0.870. The van der Waals surface area contributed by atoms with E-state index in [-0.39, 0.29) is 32.2 Å². The summed E-state index contributed by atoms with van der Waals surface area (Å²) in [6, 6.07) is 0. The topological polar surface area (TPSA) is 111 Å². The van der Waals surface area contributed by atoms with Crippen molar-refractivity contribution in [2.45, 2.75) is 501 Å². The maximum atomic E-state index is 13.0. The second kappa shape index (κ2) is 86.8. The second-order valence-electron chi connectivity index (χ2n) is 33.3. The van der Waals surface area contributed by atoms with Gasteiger partial charge in [-0.25, -0.2) is 0 Å². The van der Waals surface area contributed by atoms with Crippen LogP contribution in [0.15, 0.2) is 48.6 Å². The molecule has 0 aliphatic rings. The van der Waals surface area contributed by atoms with Crippen LogP contribution >= 0.6 is 0 Å². The Hall–Kier alpha value is -2.75. The highest BCUT2D eigenvalue weighted by Crippen LogP contribution is 2.22. The Balaban J connectivity index is 3.86. The number of carbonyl (C=O) groups is 3. The molecule has 0 radical (unpaired) electrons. The molecule has 2 unspecified atom stereocenters. The summed E-state index contributed by atoms with van der Waals surface area (Å²) in [4.78, 5) is 37.7. The fraction of sp³-hybridized carbons (Fsp3) is 0.885. The highest BCUT2D eigenvalue weighted by molar-refractivity contribution is 5.70. The molecule has 618 valence electrons. The van der Waals surface area contributed by atoms with E-state index in [1.807, 2.05) is 21.1 Å². The molecule has 0 fully saturated rings. The number of hydrogen-bond donors (Lipinski definition) is 0. The number of carboxylic acids is 1. The van der Waals surface area contributed by atoms with Gasteiger partial charge in [0.25, 0.3) is 0 Å². The van der Waals surface area contributed by atoms with Crippen LogP contribution in [0.1, 0.15) is 489 Å². The lowest BCUT2D eigenvalue weighted by atomic mass is 10.0. The van der Waals surface area contributed by atoms with Crippen LogP contribution in [0, 0.1) is 0 Å². The van der Waals surface area contributed by atoms with Gasteiger partial charge in [-0.3, -0.25) is 9.59 Å². The van der Waals surface area contributed by atoms with Crippen molar-refractivity contribution in [2.24, 2.45) is 0 Å². The van der Waals surface area contributed by atoms with Crippen molar-refractivity contribution < 1.29 is 42.9 Å². The number of hydrogen-bond acceptors (Lipinski definition) is 8. The summed E-state index contributed by atoms with van der Waals surface area (Å²) >= 11 is 0. The Kier molecular flexibility index (Phi) is 84.6. The zero-order valence-electron chi connectivity index (χ0n) is 71.1. The van der Waals surface area contributed by atoms with E-state index in [1.54, 1.807) is 0 Å². The zero-order chi connectivity index (χ0) is 76.0. The smallest absolute Gasteiger partial charge is 0.306 e. The van der Waals surface area contributed by atoms with Gasteiger partial charge >= 0.3 is 11.9 Å². The van der Waals surface area contributed by atoms with Gasteiger partial charge in [-0.2, -0.15) is 0 Å². The Bertz CT molecular complexity index is 1870. The number of carbonyl (C=O) groups excluding carboxylic acids is 3. The van der Waals surface area contributed by atoms with Crippen molar-refractivity contribution in [3.05, 3.63) is 48.6 Å². The molecule has 0 aliphatic heterocycles. The fourth-order valence-corrected chi connectivity index (χ4v) is 14.5. The van der Waals surface area contributed by atoms with Gasteiger partial charge in [0, 0.05) is 12.8 Å². The third kappa shape index (κ3) is 88.3. The summed E-state index contributed by atoms with van der Waals surface area (Å²) in [7, 11) is 5.96. The first-order valence-electron chi connectivity index (χ1n) is 46.8. The second-order valence-corrected chi connectivity index (χ2v) is 33.3. The maximum absolute atomic E-state index is 13.0. The largest absolute Gasteiger partial charge is 0.545 e. The van der Waals surface area contributed by atoms with Gasteiger partial charge in [0.05, 0.1) is 40.3 Å². The van der Waals surface area contributed by atoms with Crippen molar-refractivity contribution in [2.75, 3.05) is 47.5 Å². The van der Waals surface area contributed by atoms with E-state index in [0.717, 1.165) is 64.2 Å². The van der Waals surface area contributed by atoms with E-state index in [4.69, 9.17) is 18.9 Å². The number of ether oxygens (including phenoxy) is 4. The highest BCUT2D eigenvalue weighted by Gasteiger charge is 2.22. The number of unbranched alkanes of at least 4 members (excludes halogenated alkanes) is 66. The predicted octanol–water partition coefficient (Wildman–Crippen LogP) is 29.4. The molecule has 0 heterocycles. The number of allylic oxidation sites excluding steroid dienone is 8. The molecular weight excluding hydrogens is 1300 g/mol. The molecule has 0 aliphatic carbocycles. The van der Waals surface area contributed by atoms with Gasteiger partial charge in [0.15, 0.2) is 12.4 Å². The molecule has 2 atom stereocenters. The van der Waals surface area contributed by atoms with Crippen molar-refractivity contribution in [3.8, 4) is 0 Å². The average Bonchev–Trinajstić information content (AvgIpc) is 1.97. The van der Waals surface area contributed by atoms with E-state index in [9.17, 15) is 19.5 Å². The van der Waals surface area contributed by atoms with E-state index < -0.39 is 24.3 Å². The predicted molar refractivity (Wildman–Crippen MR) is 454 cm³/mol. The summed E-state index contributed by atoms with van der Waals surface area (Å²) in [6.45, 7) is 4.73. The summed E-state index contributed by atoms with van der Waals surface area (Å²) in [5.74, 6) is -2.24. The van der Waals surface area contributed by atoms with Crippen molar-refractivity contribution in [1.29, 1.82) is 0 Å². The number of nitrogens with zero attached hydrogens (tertiary/aromatic N) is 1. The summed E-state index contributed by atoms with van der Waals surface area (Å²) in [5.41, 5.74) is 0. The molecule has 0 aromatic rings. The molecule has 9 heteroatoms. The zero-order valence-corrected chi connectivity index (χ0v) is 71.1. The van der Waals surface area contributed by atoms with Crippen LogP contribution < -0.4 is 5.11 Å². The van der Waals surface area contributed by atoms with Crippen molar-refractivity contribution in [1.82, 2.24) is 0 Å². The maximum Gasteiger partial charge on any atom is 0.306 e. The normalized spacial score (nSPS) is 12.7. The first-order valence-corrected chi connectivity index (χ1v) is 46.8. The number of likely N-dealkylation sites (N-methyl/N-ethyl adjacent to an activating group) is 1. The Morgan fingerprint density at radius 3 is 0.810 bits per heavy atom. The van der Waals surface area contributed by atoms with Gasteiger partial charge in [-0.15, -0.1) is 0 Å². The van der Waals surface area contributed by atoms with Gasteiger partial charge < -0.3 is 33.3 Å². The van der Waals surface area contributed by atoms with Crippen LogP contribution in [-0.4, -0.2) is 82.3 Å². The minimum atomic E-state index is -1.62. The molecule has 0 aromatic heterocycles. The van der Waals surface area contributed by atoms with E-state index in [0.29, 0.717) is 17.4 Å². The average molecular weight is 1480 g/mol. The van der Waals surface area contributed by atoms with Crippen LogP contribution in [-0.2, 0) is 33.3 Å². The molecule has 0 saturated heterocycles. The van der Waals surface area contributed by atoms with Gasteiger partial charge in [-0.05, 0) is 51.4 Å². The van der Waals surface area contributed by atoms with Crippen LogP contribution in [0.2, 0.25) is 0 Å². The first kappa shape index (κ1) is 102. The van der Waals surface area contributed by atoms with E-state index in [1.165, 1.54) is 398 Å². The molecular formula is C96H181NO8. The molecule has 0 N–H and O–H groups in total. The van der Waals surface area contributed by atoms with Crippen LogP contribution in [0.25, 0.3) is 0 Å². The number of esters is 2. The van der Waals surface area contributed by atoms with Crippen LogP contribution in [0.3, 0.4) is 0 Å². The molecule has 0 saturated carbocycles. The fourth-order valence-electron chi connectivity index (χ4n) is 14.5. The molecule has 9 nitrogen and oxygen atoms in total. The SMILES string of the molecule is CC/C=C\C/C=C\C/C=C\C/C=C\CCCCCCCCCCCCCCCCCCCCCCCCCCCCC(=O)OC(COC(=O)CCCCCCCCCCCCCCCCCCCCCCCCCCCCCCCCCCCCCCCCCCC)COC(OCC[N+](C)(C)C)C(=O)[O-]. The number of aliphatic carboxylic acids is 1. The first-order chi connectivity index (χ1) is 51.6. The Labute approximate surface area is 654 Å². The number of carboxylic acid groups (broad SMARTS) is 1. The van der Waals surface area contributed by atoms with Crippen LogP contribution in [0.4, 0.5) is 0 Å². The van der Waals surface area contributed by atoms with Crippen molar-refractivity contribution >= 4 is 17.9 Å². The standard InChI is InChI=1S/C96H181NO8/c1-6-8-10-12-14-16-18-20-22-24-26-28-30-32-34-36-38-40-42-44-46-47-49-50-52-54-56-58-60-62-64-66-68-70-72-74-76-78-80-82-84-86-93(98)103-90-92(91-104-96(95(100)101)102-89-88-97(3,4)5)105-94(99)87-85-83-81-79-77-75-73-71-69-67-65-63-61-59-57-55-53-51-48-45-43-41-39-37-35-33-31-29-27-25-23-21-19-17-15-13-11-9-7-2/h9,11,15,17,21,23,27,29,92,96H,6-8,10,12-14,16,18-20,22,24-26,28,30-91H2,1-5H3/b11-9-,17-15-,23-21-,29-27-.